The summed E-state index contributed by atoms with van der Waals surface area (Å²) in [5, 5.41) is 10.8. The number of carbonyl (C=O) groups excluding carboxylic acids is 2. The summed E-state index contributed by atoms with van der Waals surface area (Å²) < 4.78 is 16.5. The maximum Gasteiger partial charge on any atom is 0.410 e. The molecule has 1 aliphatic heterocycles. The van der Waals surface area contributed by atoms with Crippen LogP contribution in [0.15, 0.2) is 28.7 Å². The number of rotatable bonds is 6. The van der Waals surface area contributed by atoms with Gasteiger partial charge in [-0.15, -0.1) is 10.2 Å². The SMILES string of the molecule is COC[C@]1(CNC(=O)c2cccc(-c3nnc(C)o3)c2)CCCN1C(=O)OC(C)(C)C. The minimum absolute atomic E-state index is 0.253. The highest BCUT2D eigenvalue weighted by Crippen LogP contribution is 2.31. The van der Waals surface area contributed by atoms with Crippen molar-refractivity contribution in [2.75, 3.05) is 26.8 Å². The zero-order valence-corrected chi connectivity index (χ0v) is 18.7. The molecule has 0 radical (unpaired) electrons. The van der Waals surface area contributed by atoms with E-state index >= 15 is 0 Å². The third-order valence-corrected chi connectivity index (χ3v) is 5.10. The lowest BCUT2D eigenvalue weighted by molar-refractivity contribution is -0.0104. The van der Waals surface area contributed by atoms with Crippen LogP contribution in [0.25, 0.3) is 11.5 Å². The molecule has 1 N–H and O–H groups in total. The molecule has 1 aromatic heterocycles. The second-order valence-corrected chi connectivity index (χ2v) is 8.78. The summed E-state index contributed by atoms with van der Waals surface area (Å²) in [5.74, 6) is 0.550. The molecule has 1 saturated heterocycles. The van der Waals surface area contributed by atoms with Gasteiger partial charge in [-0.2, -0.15) is 0 Å². The van der Waals surface area contributed by atoms with Crippen molar-refractivity contribution >= 4 is 12.0 Å². The van der Waals surface area contributed by atoms with E-state index in [0.29, 0.717) is 42.5 Å². The molecule has 168 valence electrons. The highest BCUT2D eigenvalue weighted by atomic mass is 16.6. The Labute approximate surface area is 182 Å². The van der Waals surface area contributed by atoms with Gasteiger partial charge in [0.25, 0.3) is 5.91 Å². The van der Waals surface area contributed by atoms with Gasteiger partial charge in [0, 0.05) is 38.2 Å². The number of carbonyl (C=O) groups is 2. The van der Waals surface area contributed by atoms with Crippen LogP contribution in [-0.4, -0.2) is 65.0 Å². The van der Waals surface area contributed by atoms with Gasteiger partial charge in [-0.05, 0) is 51.8 Å². The molecule has 9 nitrogen and oxygen atoms in total. The number of aromatic nitrogens is 2. The van der Waals surface area contributed by atoms with Crippen molar-refractivity contribution in [3.8, 4) is 11.5 Å². The quantitative estimate of drug-likeness (QED) is 0.750. The van der Waals surface area contributed by atoms with Crippen LogP contribution < -0.4 is 5.32 Å². The van der Waals surface area contributed by atoms with Crippen molar-refractivity contribution in [3.63, 3.8) is 0 Å². The molecular formula is C22H30N4O5. The molecule has 1 aromatic carbocycles. The Morgan fingerprint density at radius 1 is 1.29 bits per heavy atom. The molecule has 1 atom stereocenters. The van der Waals surface area contributed by atoms with E-state index in [1.807, 2.05) is 20.8 Å². The molecule has 0 unspecified atom stereocenters. The van der Waals surface area contributed by atoms with Crippen molar-refractivity contribution in [3.05, 3.63) is 35.7 Å². The molecule has 2 aromatic rings. The average Bonchev–Trinajstić information content (AvgIpc) is 3.32. The van der Waals surface area contributed by atoms with E-state index in [-0.39, 0.29) is 12.5 Å². The lowest BCUT2D eigenvalue weighted by atomic mass is 9.97. The van der Waals surface area contributed by atoms with Crippen molar-refractivity contribution in [2.24, 2.45) is 0 Å². The fraction of sp³-hybridized carbons (Fsp3) is 0.545. The van der Waals surface area contributed by atoms with Gasteiger partial charge >= 0.3 is 6.09 Å². The number of benzene rings is 1. The predicted molar refractivity (Wildman–Crippen MR) is 114 cm³/mol. The topological polar surface area (TPSA) is 107 Å². The zero-order chi connectivity index (χ0) is 22.6. The number of methoxy groups -OCH3 is 1. The lowest BCUT2D eigenvalue weighted by Crippen LogP contribution is -2.57. The molecule has 9 heteroatoms. The summed E-state index contributed by atoms with van der Waals surface area (Å²) in [7, 11) is 1.59. The molecule has 31 heavy (non-hydrogen) atoms. The smallest absolute Gasteiger partial charge is 0.410 e. The molecule has 0 saturated carbocycles. The Hall–Kier alpha value is -2.94. The van der Waals surface area contributed by atoms with Crippen molar-refractivity contribution in [2.45, 2.75) is 51.7 Å². The molecular weight excluding hydrogens is 400 g/mol. The number of nitrogens with one attached hydrogen (secondary N) is 1. The number of hydrogen-bond donors (Lipinski definition) is 1. The minimum Gasteiger partial charge on any atom is -0.444 e. The van der Waals surface area contributed by atoms with Crippen LogP contribution in [0.1, 0.15) is 49.9 Å². The first-order valence-corrected chi connectivity index (χ1v) is 10.3. The van der Waals surface area contributed by atoms with Crippen LogP contribution in [0.3, 0.4) is 0 Å². The standard InChI is InChI=1S/C22H30N4O5/c1-15-24-25-19(30-15)17-9-6-8-16(12-17)18(27)23-13-22(14-29-5)10-7-11-26(22)20(28)31-21(2,3)4/h6,8-9,12H,7,10-11,13-14H2,1-5H3,(H,23,27)/t22-/m1/s1. The van der Waals surface area contributed by atoms with E-state index < -0.39 is 17.2 Å². The second-order valence-electron chi connectivity index (χ2n) is 8.78. The third-order valence-electron chi connectivity index (χ3n) is 5.10. The largest absolute Gasteiger partial charge is 0.444 e. The molecule has 0 aliphatic carbocycles. The lowest BCUT2D eigenvalue weighted by Gasteiger charge is -2.38. The van der Waals surface area contributed by atoms with E-state index in [1.54, 1.807) is 43.2 Å². The summed E-state index contributed by atoms with van der Waals surface area (Å²) in [6.07, 6.45) is 1.12. The molecule has 0 spiro atoms. The predicted octanol–water partition coefficient (Wildman–Crippen LogP) is 3.19. The number of nitrogens with zero attached hydrogens (tertiary/aromatic N) is 3. The molecule has 2 amide bonds. The number of hydrogen-bond acceptors (Lipinski definition) is 7. The molecule has 2 heterocycles. The van der Waals surface area contributed by atoms with Crippen LogP contribution in [0.4, 0.5) is 4.79 Å². The van der Waals surface area contributed by atoms with Crippen LogP contribution in [-0.2, 0) is 9.47 Å². The van der Waals surface area contributed by atoms with Gasteiger partial charge in [0.15, 0.2) is 0 Å². The molecule has 1 aliphatic rings. The highest BCUT2D eigenvalue weighted by molar-refractivity contribution is 5.95. The van der Waals surface area contributed by atoms with Gasteiger partial charge in [0.05, 0.1) is 12.1 Å². The van der Waals surface area contributed by atoms with Gasteiger partial charge in [0.2, 0.25) is 11.8 Å². The maximum absolute atomic E-state index is 12.9. The number of likely N-dealkylation sites (tertiary alicyclic amines) is 1. The van der Waals surface area contributed by atoms with Gasteiger partial charge < -0.3 is 19.2 Å². The van der Waals surface area contributed by atoms with Gasteiger partial charge in [0.1, 0.15) is 5.60 Å². The molecule has 0 bridgehead atoms. The first-order chi connectivity index (χ1) is 14.6. The van der Waals surface area contributed by atoms with Crippen LogP contribution >= 0.6 is 0 Å². The van der Waals surface area contributed by atoms with Crippen molar-refractivity contribution in [1.82, 2.24) is 20.4 Å². The zero-order valence-electron chi connectivity index (χ0n) is 18.7. The molecule has 1 fully saturated rings. The van der Waals surface area contributed by atoms with Crippen LogP contribution in [0.5, 0.6) is 0 Å². The van der Waals surface area contributed by atoms with E-state index in [4.69, 9.17) is 13.9 Å². The van der Waals surface area contributed by atoms with Gasteiger partial charge in [-0.25, -0.2) is 4.79 Å². The van der Waals surface area contributed by atoms with Gasteiger partial charge in [-0.3, -0.25) is 9.69 Å². The van der Waals surface area contributed by atoms with E-state index in [9.17, 15) is 9.59 Å². The normalized spacial score (nSPS) is 18.8. The minimum atomic E-state index is -0.659. The summed E-state index contributed by atoms with van der Waals surface area (Å²) in [6.45, 7) is 8.31. The van der Waals surface area contributed by atoms with Gasteiger partial charge in [-0.1, -0.05) is 6.07 Å². The van der Waals surface area contributed by atoms with Crippen molar-refractivity contribution in [1.29, 1.82) is 0 Å². The maximum atomic E-state index is 12.9. The number of ether oxygens (including phenoxy) is 2. The fourth-order valence-corrected chi connectivity index (χ4v) is 3.75. The van der Waals surface area contributed by atoms with Crippen LogP contribution in [0.2, 0.25) is 0 Å². The van der Waals surface area contributed by atoms with Crippen LogP contribution in [0, 0.1) is 6.92 Å². The summed E-state index contributed by atoms with van der Waals surface area (Å²) in [4.78, 5) is 27.4. The van der Waals surface area contributed by atoms with E-state index in [0.717, 1.165) is 6.42 Å². The fourth-order valence-electron chi connectivity index (χ4n) is 3.75. The summed E-state index contributed by atoms with van der Waals surface area (Å²) in [5.41, 5.74) is -0.137. The Morgan fingerprint density at radius 3 is 2.71 bits per heavy atom. The average molecular weight is 431 g/mol. The number of aryl methyl sites for hydroxylation is 1. The van der Waals surface area contributed by atoms with E-state index in [2.05, 4.69) is 15.5 Å². The first-order valence-electron chi connectivity index (χ1n) is 10.3. The Bertz CT molecular complexity index is 936. The van der Waals surface area contributed by atoms with E-state index in [1.165, 1.54) is 0 Å². The Morgan fingerprint density at radius 2 is 2.06 bits per heavy atom. The highest BCUT2D eigenvalue weighted by Gasteiger charge is 2.45. The summed E-state index contributed by atoms with van der Waals surface area (Å²) in [6, 6.07) is 6.98. The van der Waals surface area contributed by atoms with Crippen molar-refractivity contribution < 1.29 is 23.5 Å². The number of amides is 2. The Kier molecular flexibility index (Phi) is 6.64. The summed E-state index contributed by atoms with van der Waals surface area (Å²) >= 11 is 0. The molecule has 3 rings (SSSR count). The first kappa shape index (κ1) is 22.7. The monoisotopic (exact) mass is 430 g/mol. The second kappa shape index (κ2) is 9.05. The Balaban J connectivity index is 1.74. The third kappa shape index (κ3) is 5.41.